The van der Waals surface area contributed by atoms with Crippen LogP contribution in [0.3, 0.4) is 0 Å². The van der Waals surface area contributed by atoms with Crippen molar-refractivity contribution in [3.8, 4) is 5.75 Å². The molecule has 1 fully saturated rings. The summed E-state index contributed by atoms with van der Waals surface area (Å²) in [6.45, 7) is 3.91. The Balaban J connectivity index is 1.53. The second-order valence-corrected chi connectivity index (χ2v) is 7.88. The van der Waals surface area contributed by atoms with Gasteiger partial charge in [0, 0.05) is 5.92 Å². The third-order valence-electron chi connectivity index (χ3n) is 6.26. The first kappa shape index (κ1) is 20.9. The van der Waals surface area contributed by atoms with Crippen LogP contribution >= 0.6 is 0 Å². The van der Waals surface area contributed by atoms with E-state index in [-0.39, 0.29) is 23.5 Å². The Morgan fingerprint density at radius 1 is 0.929 bits per heavy atom. The number of allylic oxidation sites excluding steroid dienone is 4. The van der Waals surface area contributed by atoms with Crippen LogP contribution in [0, 0.1) is 29.4 Å². The molecule has 0 amide bonds. The van der Waals surface area contributed by atoms with Gasteiger partial charge in [0.05, 0.1) is 6.61 Å². The molecule has 1 unspecified atom stereocenters. The molecule has 0 N–H and O–H groups in total. The van der Waals surface area contributed by atoms with E-state index in [2.05, 4.69) is 0 Å². The molecule has 0 aliphatic heterocycles. The van der Waals surface area contributed by atoms with Crippen LogP contribution in [0.4, 0.5) is 17.6 Å². The average molecular weight is 396 g/mol. The highest BCUT2D eigenvalue weighted by molar-refractivity contribution is 5.33. The second kappa shape index (κ2) is 9.15. The normalized spacial score (nSPS) is 25.6. The van der Waals surface area contributed by atoms with Gasteiger partial charge in [-0.25, -0.2) is 13.2 Å². The highest BCUT2D eigenvalue weighted by atomic mass is 19.2. The van der Waals surface area contributed by atoms with Crippen LogP contribution in [0.15, 0.2) is 35.4 Å². The first-order valence-electron chi connectivity index (χ1n) is 10.3. The lowest BCUT2D eigenvalue weighted by molar-refractivity contribution is 0.150. The van der Waals surface area contributed by atoms with Crippen molar-refractivity contribution in [2.75, 3.05) is 6.61 Å². The molecular formula is C23H28F4O. The zero-order valence-electron chi connectivity index (χ0n) is 16.5. The largest absolute Gasteiger partial charge is 0.490 e. The van der Waals surface area contributed by atoms with E-state index in [0.717, 1.165) is 25.7 Å². The third-order valence-corrected chi connectivity index (χ3v) is 6.26. The quantitative estimate of drug-likeness (QED) is 0.461. The van der Waals surface area contributed by atoms with E-state index in [1.165, 1.54) is 6.07 Å². The lowest BCUT2D eigenvalue weighted by Crippen LogP contribution is -2.26. The third kappa shape index (κ3) is 4.28. The molecule has 1 aromatic rings. The summed E-state index contributed by atoms with van der Waals surface area (Å²) in [6.07, 6.45) is 6.54. The molecular weight excluding hydrogens is 368 g/mol. The monoisotopic (exact) mass is 396 g/mol. The van der Waals surface area contributed by atoms with Crippen molar-refractivity contribution >= 4 is 0 Å². The van der Waals surface area contributed by atoms with E-state index in [9.17, 15) is 17.6 Å². The zero-order valence-corrected chi connectivity index (χ0v) is 16.5. The van der Waals surface area contributed by atoms with Crippen LogP contribution < -0.4 is 4.74 Å². The summed E-state index contributed by atoms with van der Waals surface area (Å²) in [5.74, 6) is -3.13. The minimum absolute atomic E-state index is 0.0580. The Morgan fingerprint density at radius 3 is 2.29 bits per heavy atom. The molecule has 0 heterocycles. The van der Waals surface area contributed by atoms with Gasteiger partial charge in [0.1, 0.15) is 5.83 Å². The maximum absolute atomic E-state index is 14.4. The maximum atomic E-state index is 14.4. The van der Waals surface area contributed by atoms with Gasteiger partial charge in [-0.2, -0.15) is 4.39 Å². The summed E-state index contributed by atoms with van der Waals surface area (Å²) in [5, 5.41) is 0. The standard InChI is InChI=1S/C23H28F4O/c1-3-15-9-11-18(22(26)20(15)24)17-7-5-14(6-8-17)13-28-19-12-10-16(4-2)21(25)23(19)27/h9-10,12,14,17-18H,3-8,11,13H2,1-2H3. The molecule has 28 heavy (non-hydrogen) atoms. The molecule has 2 aliphatic carbocycles. The fraction of sp³-hybridized carbons (Fsp3) is 0.565. The van der Waals surface area contributed by atoms with E-state index in [4.69, 9.17) is 4.74 Å². The highest BCUT2D eigenvalue weighted by Crippen LogP contribution is 2.43. The van der Waals surface area contributed by atoms with Gasteiger partial charge in [-0.05, 0) is 74.0 Å². The van der Waals surface area contributed by atoms with Crippen molar-refractivity contribution < 1.29 is 22.3 Å². The number of halogens is 4. The molecule has 0 saturated heterocycles. The minimum Gasteiger partial charge on any atom is -0.490 e. The van der Waals surface area contributed by atoms with Crippen LogP contribution in [-0.4, -0.2) is 6.61 Å². The van der Waals surface area contributed by atoms with Gasteiger partial charge in [0.25, 0.3) is 0 Å². The van der Waals surface area contributed by atoms with Gasteiger partial charge in [-0.1, -0.05) is 26.0 Å². The number of ether oxygens (including phenoxy) is 1. The minimum atomic E-state index is -0.934. The van der Waals surface area contributed by atoms with Gasteiger partial charge in [-0.3, -0.25) is 0 Å². The molecule has 3 rings (SSSR count). The Labute approximate surface area is 164 Å². The number of rotatable bonds is 6. The Hall–Kier alpha value is -1.78. The van der Waals surface area contributed by atoms with Gasteiger partial charge in [0.15, 0.2) is 17.4 Å². The summed E-state index contributed by atoms with van der Waals surface area (Å²) < 4.78 is 62.0. The fourth-order valence-electron chi connectivity index (χ4n) is 4.40. The first-order valence-corrected chi connectivity index (χ1v) is 10.3. The number of hydrogen-bond donors (Lipinski definition) is 0. The number of benzene rings is 1. The molecule has 1 atom stereocenters. The first-order chi connectivity index (χ1) is 13.5. The Morgan fingerprint density at radius 2 is 1.64 bits per heavy atom. The summed E-state index contributed by atoms with van der Waals surface area (Å²) in [4.78, 5) is 0. The van der Waals surface area contributed by atoms with Crippen molar-refractivity contribution in [2.45, 2.75) is 58.8 Å². The molecule has 154 valence electrons. The average Bonchev–Trinajstić information content (AvgIpc) is 2.72. The van der Waals surface area contributed by atoms with Crippen molar-refractivity contribution in [3.05, 3.63) is 52.6 Å². The summed E-state index contributed by atoms with van der Waals surface area (Å²) >= 11 is 0. The van der Waals surface area contributed by atoms with Gasteiger partial charge in [0.2, 0.25) is 5.82 Å². The Kier molecular flexibility index (Phi) is 6.84. The lowest BCUT2D eigenvalue weighted by atomic mass is 9.73. The summed E-state index contributed by atoms with van der Waals surface area (Å²) in [7, 11) is 0. The van der Waals surface area contributed by atoms with Gasteiger partial charge in [-0.15, -0.1) is 0 Å². The van der Waals surface area contributed by atoms with Gasteiger partial charge >= 0.3 is 0 Å². The molecule has 1 nitrogen and oxygen atoms in total. The van der Waals surface area contributed by atoms with Gasteiger partial charge < -0.3 is 4.74 Å². The van der Waals surface area contributed by atoms with Crippen LogP contribution in [0.2, 0.25) is 0 Å². The lowest BCUT2D eigenvalue weighted by Gasteiger charge is -2.34. The van der Waals surface area contributed by atoms with Crippen LogP contribution in [0.1, 0.15) is 57.9 Å². The molecule has 0 aromatic heterocycles. The molecule has 0 radical (unpaired) electrons. The smallest absolute Gasteiger partial charge is 0.200 e. The zero-order chi connectivity index (χ0) is 20.3. The Bertz CT molecular complexity index is 760. The fourth-order valence-corrected chi connectivity index (χ4v) is 4.40. The molecule has 0 spiro atoms. The summed E-state index contributed by atoms with van der Waals surface area (Å²) in [5.41, 5.74) is 0.805. The van der Waals surface area contributed by atoms with E-state index in [0.29, 0.717) is 37.0 Å². The van der Waals surface area contributed by atoms with Crippen LogP contribution in [-0.2, 0) is 6.42 Å². The van der Waals surface area contributed by atoms with E-state index in [1.807, 2.05) is 13.0 Å². The van der Waals surface area contributed by atoms with Crippen molar-refractivity contribution in [1.82, 2.24) is 0 Å². The second-order valence-electron chi connectivity index (χ2n) is 7.88. The highest BCUT2D eigenvalue weighted by Gasteiger charge is 2.34. The topological polar surface area (TPSA) is 9.23 Å². The number of hydrogen-bond acceptors (Lipinski definition) is 1. The number of aryl methyl sites for hydroxylation is 1. The van der Waals surface area contributed by atoms with E-state index >= 15 is 0 Å². The molecule has 1 aromatic carbocycles. The maximum Gasteiger partial charge on any atom is 0.200 e. The van der Waals surface area contributed by atoms with E-state index < -0.39 is 23.3 Å². The molecule has 2 aliphatic rings. The predicted octanol–water partition coefficient (Wildman–Crippen LogP) is 7.22. The molecule has 0 bridgehead atoms. The van der Waals surface area contributed by atoms with Crippen molar-refractivity contribution in [1.29, 1.82) is 0 Å². The SMILES string of the molecule is CCC1=CCC(C2CCC(COc3ccc(CC)c(F)c3F)CC2)C(F)=C1F. The van der Waals surface area contributed by atoms with Crippen LogP contribution in [0.25, 0.3) is 0 Å². The molecule has 5 heteroatoms. The predicted molar refractivity (Wildman–Crippen MR) is 102 cm³/mol. The molecule has 1 saturated carbocycles. The van der Waals surface area contributed by atoms with Crippen molar-refractivity contribution in [3.63, 3.8) is 0 Å². The van der Waals surface area contributed by atoms with Crippen molar-refractivity contribution in [2.24, 2.45) is 17.8 Å². The van der Waals surface area contributed by atoms with E-state index in [1.54, 1.807) is 13.0 Å². The van der Waals surface area contributed by atoms with Crippen LogP contribution in [0.5, 0.6) is 5.75 Å². The summed E-state index contributed by atoms with van der Waals surface area (Å²) in [6, 6.07) is 3.03.